The summed E-state index contributed by atoms with van der Waals surface area (Å²) in [5.74, 6) is -0.112. The van der Waals surface area contributed by atoms with Crippen LogP contribution in [0, 0.1) is 13.8 Å². The van der Waals surface area contributed by atoms with E-state index in [1.54, 1.807) is 0 Å². The number of nitrogens with zero attached hydrogens (tertiary/aromatic N) is 2. The number of aryl methyl sites for hydroxylation is 2. The van der Waals surface area contributed by atoms with E-state index in [2.05, 4.69) is 10.4 Å². The normalized spacial score (nSPS) is 11.0. The van der Waals surface area contributed by atoms with E-state index in [1.807, 2.05) is 73.1 Å². The highest BCUT2D eigenvalue weighted by Gasteiger charge is 2.17. The van der Waals surface area contributed by atoms with Crippen LogP contribution in [0.25, 0.3) is 15.9 Å². The summed E-state index contributed by atoms with van der Waals surface area (Å²) in [6.45, 7) is 3.95. The molecule has 2 heterocycles. The van der Waals surface area contributed by atoms with Crippen molar-refractivity contribution in [3.05, 3.63) is 75.8 Å². The SMILES string of the molecule is Cc1cccc(NC(=O)c2cc3c(C)nn(-c4ccc(Cl)cc4)c3s2)c1. The number of fused-ring (bicyclic) bond motifs is 1. The van der Waals surface area contributed by atoms with Crippen molar-refractivity contribution in [2.45, 2.75) is 13.8 Å². The first-order chi connectivity index (χ1) is 12.5. The van der Waals surface area contributed by atoms with E-state index in [1.165, 1.54) is 11.3 Å². The summed E-state index contributed by atoms with van der Waals surface area (Å²) < 4.78 is 1.86. The van der Waals surface area contributed by atoms with Crippen molar-refractivity contribution < 1.29 is 4.79 Å². The van der Waals surface area contributed by atoms with Gasteiger partial charge in [-0.3, -0.25) is 4.79 Å². The number of benzene rings is 2. The smallest absolute Gasteiger partial charge is 0.265 e. The molecule has 6 heteroatoms. The van der Waals surface area contributed by atoms with Gasteiger partial charge in [0.1, 0.15) is 4.83 Å². The van der Waals surface area contributed by atoms with E-state index in [0.29, 0.717) is 9.90 Å². The Morgan fingerprint density at radius 1 is 1.12 bits per heavy atom. The van der Waals surface area contributed by atoms with E-state index in [0.717, 1.165) is 32.8 Å². The van der Waals surface area contributed by atoms with Gasteiger partial charge in [0.15, 0.2) is 0 Å². The molecule has 0 saturated carbocycles. The van der Waals surface area contributed by atoms with Gasteiger partial charge in [0, 0.05) is 16.1 Å². The fourth-order valence-electron chi connectivity index (χ4n) is 2.83. The molecule has 1 amide bonds. The zero-order valence-corrected chi connectivity index (χ0v) is 15.9. The van der Waals surface area contributed by atoms with Crippen molar-refractivity contribution in [1.82, 2.24) is 9.78 Å². The molecular weight excluding hydrogens is 366 g/mol. The Morgan fingerprint density at radius 3 is 2.62 bits per heavy atom. The van der Waals surface area contributed by atoms with Gasteiger partial charge >= 0.3 is 0 Å². The van der Waals surface area contributed by atoms with Crippen LogP contribution in [0.5, 0.6) is 0 Å². The van der Waals surface area contributed by atoms with Crippen LogP contribution >= 0.6 is 22.9 Å². The standard InChI is InChI=1S/C20H16ClN3OS/c1-12-4-3-5-15(10-12)22-19(25)18-11-17-13(2)23-24(20(17)26-18)16-8-6-14(21)7-9-16/h3-11H,1-2H3,(H,22,25). The molecule has 0 fully saturated rings. The lowest BCUT2D eigenvalue weighted by atomic mass is 10.2. The van der Waals surface area contributed by atoms with Crippen molar-refractivity contribution in [1.29, 1.82) is 0 Å². The average molecular weight is 382 g/mol. The molecule has 130 valence electrons. The number of rotatable bonds is 3. The molecule has 0 saturated heterocycles. The molecule has 0 aliphatic carbocycles. The topological polar surface area (TPSA) is 46.9 Å². The molecule has 0 unspecified atom stereocenters. The minimum atomic E-state index is -0.112. The van der Waals surface area contributed by atoms with Crippen molar-refractivity contribution >= 4 is 44.7 Å². The van der Waals surface area contributed by atoms with Gasteiger partial charge in [0.05, 0.1) is 16.3 Å². The summed E-state index contributed by atoms with van der Waals surface area (Å²) >= 11 is 7.41. The monoisotopic (exact) mass is 381 g/mol. The Kier molecular flexibility index (Phi) is 4.26. The number of carbonyl (C=O) groups excluding carboxylic acids is 1. The summed E-state index contributed by atoms with van der Waals surface area (Å²) in [5, 5.41) is 9.22. The van der Waals surface area contributed by atoms with Gasteiger partial charge in [0.2, 0.25) is 0 Å². The zero-order valence-electron chi connectivity index (χ0n) is 14.3. The second-order valence-electron chi connectivity index (χ2n) is 6.13. The predicted octanol–water partition coefficient (Wildman–Crippen LogP) is 5.61. The summed E-state index contributed by atoms with van der Waals surface area (Å²) in [7, 11) is 0. The van der Waals surface area contributed by atoms with Crippen LogP contribution in [-0.4, -0.2) is 15.7 Å². The molecule has 2 aromatic carbocycles. The molecule has 26 heavy (non-hydrogen) atoms. The number of halogens is 1. The third kappa shape index (κ3) is 3.11. The lowest BCUT2D eigenvalue weighted by Gasteiger charge is -2.04. The second-order valence-corrected chi connectivity index (χ2v) is 7.59. The Morgan fingerprint density at radius 2 is 1.88 bits per heavy atom. The Labute approximate surface area is 160 Å². The number of anilines is 1. The van der Waals surface area contributed by atoms with Crippen molar-refractivity contribution in [3.63, 3.8) is 0 Å². The first-order valence-corrected chi connectivity index (χ1v) is 9.34. The van der Waals surface area contributed by atoms with Crippen LogP contribution in [0.4, 0.5) is 5.69 Å². The molecule has 0 radical (unpaired) electrons. The van der Waals surface area contributed by atoms with E-state index in [9.17, 15) is 4.79 Å². The van der Waals surface area contributed by atoms with Gasteiger partial charge in [-0.2, -0.15) is 5.10 Å². The molecule has 0 atom stereocenters. The van der Waals surface area contributed by atoms with E-state index >= 15 is 0 Å². The van der Waals surface area contributed by atoms with Crippen LogP contribution in [0.1, 0.15) is 20.9 Å². The fourth-order valence-corrected chi connectivity index (χ4v) is 4.04. The van der Waals surface area contributed by atoms with Crippen molar-refractivity contribution in [3.8, 4) is 5.69 Å². The molecule has 4 aromatic rings. The average Bonchev–Trinajstić information content (AvgIpc) is 3.17. The van der Waals surface area contributed by atoms with Gasteiger partial charge in [-0.05, 0) is 61.9 Å². The van der Waals surface area contributed by atoms with Gasteiger partial charge in [0.25, 0.3) is 5.91 Å². The van der Waals surface area contributed by atoms with Crippen LogP contribution < -0.4 is 5.32 Å². The lowest BCUT2D eigenvalue weighted by molar-refractivity contribution is 0.103. The zero-order chi connectivity index (χ0) is 18.3. The summed E-state index contributed by atoms with van der Waals surface area (Å²) in [6, 6.07) is 17.2. The number of carbonyl (C=O) groups is 1. The highest BCUT2D eigenvalue weighted by atomic mass is 35.5. The maximum absolute atomic E-state index is 12.6. The lowest BCUT2D eigenvalue weighted by Crippen LogP contribution is -2.10. The quantitative estimate of drug-likeness (QED) is 0.501. The van der Waals surface area contributed by atoms with Crippen LogP contribution in [0.3, 0.4) is 0 Å². The van der Waals surface area contributed by atoms with E-state index in [-0.39, 0.29) is 5.91 Å². The number of hydrogen-bond acceptors (Lipinski definition) is 3. The largest absolute Gasteiger partial charge is 0.321 e. The third-order valence-electron chi connectivity index (χ3n) is 4.12. The van der Waals surface area contributed by atoms with Crippen molar-refractivity contribution in [2.75, 3.05) is 5.32 Å². The fraction of sp³-hybridized carbons (Fsp3) is 0.100. The Bertz CT molecular complexity index is 1110. The van der Waals surface area contributed by atoms with Crippen LogP contribution in [0.15, 0.2) is 54.6 Å². The highest BCUT2D eigenvalue weighted by Crippen LogP contribution is 2.31. The van der Waals surface area contributed by atoms with Gasteiger partial charge in [-0.1, -0.05) is 23.7 Å². The molecule has 2 aromatic heterocycles. The third-order valence-corrected chi connectivity index (χ3v) is 5.48. The molecule has 0 spiro atoms. The van der Waals surface area contributed by atoms with Crippen LogP contribution in [0.2, 0.25) is 5.02 Å². The van der Waals surface area contributed by atoms with Crippen molar-refractivity contribution in [2.24, 2.45) is 0 Å². The molecular formula is C20H16ClN3OS. The maximum atomic E-state index is 12.6. The number of aromatic nitrogens is 2. The number of thiophene rings is 1. The van der Waals surface area contributed by atoms with Crippen LogP contribution in [-0.2, 0) is 0 Å². The second kappa shape index (κ2) is 6.59. The molecule has 0 aliphatic heterocycles. The number of hydrogen-bond donors (Lipinski definition) is 1. The first kappa shape index (κ1) is 16.8. The van der Waals surface area contributed by atoms with Gasteiger partial charge < -0.3 is 5.32 Å². The predicted molar refractivity (Wildman–Crippen MR) is 108 cm³/mol. The number of amides is 1. The Balaban J connectivity index is 1.70. The molecule has 1 N–H and O–H groups in total. The van der Waals surface area contributed by atoms with E-state index in [4.69, 9.17) is 11.6 Å². The molecule has 4 rings (SSSR count). The maximum Gasteiger partial charge on any atom is 0.265 e. The summed E-state index contributed by atoms with van der Waals surface area (Å²) in [4.78, 5) is 14.2. The highest BCUT2D eigenvalue weighted by molar-refractivity contribution is 7.20. The Hall–Kier alpha value is -2.63. The molecule has 4 nitrogen and oxygen atoms in total. The van der Waals surface area contributed by atoms with E-state index < -0.39 is 0 Å². The number of nitrogens with one attached hydrogen (secondary N) is 1. The molecule has 0 bridgehead atoms. The van der Waals surface area contributed by atoms with Gasteiger partial charge in [-0.25, -0.2) is 4.68 Å². The minimum absolute atomic E-state index is 0.112. The molecule has 0 aliphatic rings. The summed E-state index contributed by atoms with van der Waals surface area (Å²) in [6.07, 6.45) is 0. The minimum Gasteiger partial charge on any atom is -0.321 e. The van der Waals surface area contributed by atoms with Gasteiger partial charge in [-0.15, -0.1) is 11.3 Å². The summed E-state index contributed by atoms with van der Waals surface area (Å²) in [5.41, 5.74) is 3.71. The first-order valence-electron chi connectivity index (χ1n) is 8.14.